The largest absolute Gasteiger partial charge is 0.481 e. The van der Waals surface area contributed by atoms with Crippen molar-refractivity contribution in [1.29, 1.82) is 0 Å². The summed E-state index contributed by atoms with van der Waals surface area (Å²) >= 11 is 0. The van der Waals surface area contributed by atoms with E-state index in [1.54, 1.807) is 7.11 Å². The number of aliphatic hydroxyl groups is 1. The molecule has 0 aromatic rings. The molecule has 0 amide bonds. The van der Waals surface area contributed by atoms with Crippen molar-refractivity contribution < 1.29 is 24.5 Å². The lowest BCUT2D eigenvalue weighted by Gasteiger charge is -2.27. The molecule has 0 radical (unpaired) electrons. The Morgan fingerprint density at radius 3 is 2.44 bits per heavy atom. The van der Waals surface area contributed by atoms with E-state index in [4.69, 9.17) is 9.47 Å². The highest BCUT2D eigenvalue weighted by Gasteiger charge is 2.42. The number of aliphatic hydroxyl groups excluding tert-OH is 1. The molecule has 0 heterocycles. The molecule has 1 rings (SSSR count). The second-order valence-corrected chi connectivity index (χ2v) is 5.25. The molecule has 0 spiro atoms. The Balaban J connectivity index is 2.38. The quantitative estimate of drug-likeness (QED) is 0.690. The van der Waals surface area contributed by atoms with Gasteiger partial charge in [-0.1, -0.05) is 12.8 Å². The zero-order valence-corrected chi connectivity index (χ0v) is 11.2. The fourth-order valence-electron chi connectivity index (χ4n) is 2.63. The summed E-state index contributed by atoms with van der Waals surface area (Å²) in [4.78, 5) is 11.3. The fourth-order valence-corrected chi connectivity index (χ4v) is 2.63. The maximum atomic E-state index is 11.3. The summed E-state index contributed by atoms with van der Waals surface area (Å²) in [6.07, 6.45) is 2.65. The second kappa shape index (κ2) is 7.07. The van der Waals surface area contributed by atoms with Gasteiger partial charge in [-0.15, -0.1) is 0 Å². The molecule has 1 saturated carbocycles. The van der Waals surface area contributed by atoms with Gasteiger partial charge in [0.2, 0.25) is 0 Å². The highest BCUT2D eigenvalue weighted by atomic mass is 16.5. The molecular weight excluding hydrogens is 236 g/mol. The van der Waals surface area contributed by atoms with E-state index in [9.17, 15) is 15.0 Å². The van der Waals surface area contributed by atoms with Crippen LogP contribution in [0.4, 0.5) is 0 Å². The van der Waals surface area contributed by atoms with Crippen LogP contribution in [-0.4, -0.2) is 48.7 Å². The molecule has 1 aliphatic carbocycles. The molecule has 0 aromatic heterocycles. The predicted molar refractivity (Wildman–Crippen MR) is 66.5 cm³/mol. The van der Waals surface area contributed by atoms with Crippen LogP contribution in [0.15, 0.2) is 0 Å². The number of hydrogen-bond acceptors (Lipinski definition) is 4. The molecule has 5 heteroatoms. The van der Waals surface area contributed by atoms with Crippen molar-refractivity contribution in [2.24, 2.45) is 5.41 Å². The molecule has 1 fully saturated rings. The predicted octanol–water partition coefficient (Wildman–Crippen LogP) is 1.43. The molecule has 1 aliphatic rings. The maximum Gasteiger partial charge on any atom is 0.309 e. The summed E-state index contributed by atoms with van der Waals surface area (Å²) in [7, 11) is 1.59. The van der Waals surface area contributed by atoms with Gasteiger partial charge in [0.15, 0.2) is 0 Å². The van der Waals surface area contributed by atoms with Gasteiger partial charge in [0.25, 0.3) is 0 Å². The van der Waals surface area contributed by atoms with E-state index >= 15 is 0 Å². The zero-order chi connectivity index (χ0) is 13.6. The maximum absolute atomic E-state index is 11.3. The summed E-state index contributed by atoms with van der Waals surface area (Å²) in [6.45, 7) is 2.50. The molecule has 0 aliphatic heterocycles. The smallest absolute Gasteiger partial charge is 0.309 e. The third kappa shape index (κ3) is 4.23. The average Bonchev–Trinajstić information content (AvgIpc) is 2.77. The van der Waals surface area contributed by atoms with E-state index in [0.29, 0.717) is 19.4 Å². The van der Waals surface area contributed by atoms with Crippen molar-refractivity contribution in [3.05, 3.63) is 0 Å². The van der Waals surface area contributed by atoms with Crippen molar-refractivity contribution in [1.82, 2.24) is 0 Å². The van der Waals surface area contributed by atoms with E-state index in [2.05, 4.69) is 0 Å². The van der Waals surface area contributed by atoms with Gasteiger partial charge in [0, 0.05) is 7.11 Å². The number of methoxy groups -OCH3 is 1. The zero-order valence-electron chi connectivity index (χ0n) is 11.2. The van der Waals surface area contributed by atoms with Crippen LogP contribution in [0.3, 0.4) is 0 Å². The minimum Gasteiger partial charge on any atom is -0.481 e. The first-order valence-electron chi connectivity index (χ1n) is 6.52. The van der Waals surface area contributed by atoms with Crippen LogP contribution in [0.2, 0.25) is 0 Å². The summed E-state index contributed by atoms with van der Waals surface area (Å²) in [5, 5.41) is 19.2. The monoisotopic (exact) mass is 260 g/mol. The molecule has 5 nitrogen and oxygen atoms in total. The lowest BCUT2D eigenvalue weighted by atomic mass is 9.81. The molecule has 2 atom stereocenters. The lowest BCUT2D eigenvalue weighted by molar-refractivity contribution is -0.151. The molecule has 0 saturated heterocycles. The number of carboxylic acids is 1. The first-order valence-corrected chi connectivity index (χ1v) is 6.52. The van der Waals surface area contributed by atoms with Gasteiger partial charge >= 0.3 is 5.97 Å². The van der Waals surface area contributed by atoms with Crippen LogP contribution >= 0.6 is 0 Å². The van der Waals surface area contributed by atoms with Crippen LogP contribution in [-0.2, 0) is 14.3 Å². The average molecular weight is 260 g/mol. The van der Waals surface area contributed by atoms with Gasteiger partial charge in [-0.05, 0) is 26.2 Å². The molecule has 2 unspecified atom stereocenters. The molecule has 18 heavy (non-hydrogen) atoms. The highest BCUT2D eigenvalue weighted by molar-refractivity contribution is 5.75. The van der Waals surface area contributed by atoms with Crippen LogP contribution in [0.1, 0.15) is 39.0 Å². The Morgan fingerprint density at radius 1 is 1.33 bits per heavy atom. The van der Waals surface area contributed by atoms with Crippen molar-refractivity contribution in [2.45, 2.75) is 51.2 Å². The van der Waals surface area contributed by atoms with E-state index in [1.807, 2.05) is 6.92 Å². The van der Waals surface area contributed by atoms with Gasteiger partial charge in [-0.3, -0.25) is 4.79 Å². The SMILES string of the molecule is COCC(C)OCC(O)CC1(C(=O)O)CCCC1. The fraction of sp³-hybridized carbons (Fsp3) is 0.923. The minimum atomic E-state index is -0.788. The Kier molecular flexibility index (Phi) is 6.05. The number of carbonyl (C=O) groups is 1. The Morgan fingerprint density at radius 2 is 1.94 bits per heavy atom. The van der Waals surface area contributed by atoms with Crippen molar-refractivity contribution in [3.63, 3.8) is 0 Å². The van der Waals surface area contributed by atoms with Crippen molar-refractivity contribution in [3.8, 4) is 0 Å². The van der Waals surface area contributed by atoms with Gasteiger partial charge in [-0.25, -0.2) is 0 Å². The Hall–Kier alpha value is -0.650. The van der Waals surface area contributed by atoms with Crippen LogP contribution < -0.4 is 0 Å². The van der Waals surface area contributed by atoms with E-state index < -0.39 is 17.5 Å². The number of rotatable bonds is 8. The van der Waals surface area contributed by atoms with Gasteiger partial charge < -0.3 is 19.7 Å². The lowest BCUT2D eigenvalue weighted by Crippen LogP contribution is -2.34. The number of hydrogen-bond donors (Lipinski definition) is 2. The van der Waals surface area contributed by atoms with Crippen LogP contribution in [0, 0.1) is 5.41 Å². The second-order valence-electron chi connectivity index (χ2n) is 5.25. The van der Waals surface area contributed by atoms with Gasteiger partial charge in [-0.2, -0.15) is 0 Å². The minimum absolute atomic E-state index is 0.0889. The summed E-state index contributed by atoms with van der Waals surface area (Å²) < 4.78 is 10.3. The number of aliphatic carboxylic acids is 1. The Bertz CT molecular complexity index is 260. The standard InChI is InChI=1S/C13H24O5/c1-10(8-17-2)18-9-11(14)7-13(12(15)16)5-3-4-6-13/h10-11,14H,3-9H2,1-2H3,(H,15,16). The van der Waals surface area contributed by atoms with E-state index in [1.165, 1.54) is 0 Å². The van der Waals surface area contributed by atoms with Crippen LogP contribution in [0.25, 0.3) is 0 Å². The summed E-state index contributed by atoms with van der Waals surface area (Å²) in [6, 6.07) is 0. The summed E-state index contributed by atoms with van der Waals surface area (Å²) in [5.41, 5.74) is -0.743. The molecule has 0 aromatic carbocycles. The first kappa shape index (κ1) is 15.4. The normalized spacial score (nSPS) is 21.7. The Labute approximate surface area is 108 Å². The highest BCUT2D eigenvalue weighted by Crippen LogP contribution is 2.42. The molecule has 0 bridgehead atoms. The number of carboxylic acid groups (broad SMARTS) is 1. The van der Waals surface area contributed by atoms with Crippen molar-refractivity contribution >= 4 is 5.97 Å². The first-order chi connectivity index (χ1) is 8.50. The third-order valence-corrected chi connectivity index (χ3v) is 3.62. The molecule has 2 N–H and O–H groups in total. The molecule has 106 valence electrons. The van der Waals surface area contributed by atoms with Crippen LogP contribution in [0.5, 0.6) is 0 Å². The summed E-state index contributed by atoms with van der Waals surface area (Å²) in [5.74, 6) is -0.788. The van der Waals surface area contributed by atoms with Crippen molar-refractivity contribution in [2.75, 3.05) is 20.3 Å². The van der Waals surface area contributed by atoms with Gasteiger partial charge in [0.05, 0.1) is 30.8 Å². The van der Waals surface area contributed by atoms with E-state index in [-0.39, 0.29) is 19.1 Å². The third-order valence-electron chi connectivity index (χ3n) is 3.62. The van der Waals surface area contributed by atoms with Gasteiger partial charge in [0.1, 0.15) is 0 Å². The topological polar surface area (TPSA) is 76.0 Å². The van der Waals surface area contributed by atoms with E-state index in [0.717, 1.165) is 12.8 Å². The number of ether oxygens (including phenoxy) is 2. The molecular formula is C13H24O5.